The van der Waals surface area contributed by atoms with E-state index in [-0.39, 0.29) is 21.0 Å². The number of thiophene rings is 1. The number of fused-ring (bicyclic) bond motifs is 1. The number of hydrogen-bond donors (Lipinski definition) is 1. The number of anilines is 1. The third-order valence-corrected chi connectivity index (χ3v) is 5.36. The van der Waals surface area contributed by atoms with Crippen molar-refractivity contribution in [2.24, 2.45) is 0 Å². The number of ether oxygens (including phenoxy) is 2. The van der Waals surface area contributed by atoms with Gasteiger partial charge in [-0.1, -0.05) is 18.2 Å². The third-order valence-electron chi connectivity index (χ3n) is 4.18. The van der Waals surface area contributed by atoms with Gasteiger partial charge in [0.1, 0.15) is 21.0 Å². The first kappa shape index (κ1) is 21.3. The summed E-state index contributed by atoms with van der Waals surface area (Å²) in [4.78, 5) is 49.9. The van der Waals surface area contributed by atoms with Crippen LogP contribution < -0.4 is 10.9 Å². The van der Waals surface area contributed by atoms with E-state index in [1.165, 1.54) is 13.2 Å². The van der Waals surface area contributed by atoms with Crippen molar-refractivity contribution < 1.29 is 28.3 Å². The highest BCUT2D eigenvalue weighted by atomic mass is 32.1. The van der Waals surface area contributed by atoms with Gasteiger partial charge in [-0.3, -0.25) is 4.79 Å². The second-order valence-electron chi connectivity index (χ2n) is 6.65. The molecule has 156 valence electrons. The molecule has 0 bridgehead atoms. The van der Waals surface area contributed by atoms with Crippen LogP contribution in [0, 0.1) is 6.92 Å². The minimum absolute atomic E-state index is 0.0348. The van der Waals surface area contributed by atoms with Gasteiger partial charge in [-0.05, 0) is 38.5 Å². The van der Waals surface area contributed by atoms with Gasteiger partial charge in [0.2, 0.25) is 0 Å². The van der Waals surface area contributed by atoms with Crippen LogP contribution in [-0.4, -0.2) is 31.1 Å². The molecule has 3 aromatic rings. The van der Waals surface area contributed by atoms with Crippen molar-refractivity contribution in [1.29, 1.82) is 0 Å². The van der Waals surface area contributed by atoms with E-state index in [2.05, 4.69) is 5.32 Å². The predicted molar refractivity (Wildman–Crippen MR) is 111 cm³/mol. The first-order valence-corrected chi connectivity index (χ1v) is 9.81. The zero-order valence-corrected chi connectivity index (χ0v) is 17.5. The van der Waals surface area contributed by atoms with E-state index in [4.69, 9.17) is 13.9 Å². The molecule has 8 nitrogen and oxygen atoms in total. The first-order valence-electron chi connectivity index (χ1n) is 8.99. The molecule has 1 aromatic carbocycles. The molecule has 1 N–H and O–H groups in total. The highest BCUT2D eigenvalue weighted by molar-refractivity contribution is 7.18. The van der Waals surface area contributed by atoms with E-state index >= 15 is 0 Å². The van der Waals surface area contributed by atoms with Gasteiger partial charge < -0.3 is 19.2 Å². The first-order chi connectivity index (χ1) is 14.2. The zero-order valence-electron chi connectivity index (χ0n) is 16.7. The van der Waals surface area contributed by atoms with E-state index in [9.17, 15) is 19.2 Å². The summed E-state index contributed by atoms with van der Waals surface area (Å²) in [6.45, 7) is 4.92. The van der Waals surface area contributed by atoms with Gasteiger partial charge in [-0.25, -0.2) is 14.4 Å². The van der Waals surface area contributed by atoms with Crippen molar-refractivity contribution >= 4 is 45.2 Å². The van der Waals surface area contributed by atoms with Crippen molar-refractivity contribution in [2.75, 3.05) is 12.4 Å². The Kier molecular flexibility index (Phi) is 6.02. The largest absolute Gasteiger partial charge is 0.465 e. The van der Waals surface area contributed by atoms with Gasteiger partial charge in [-0.15, -0.1) is 11.3 Å². The SMILES string of the molecule is COC(=O)c1sc(NC(=O)c2cc3ccccc3oc2=O)c(C(=O)OC(C)C)c1C. The smallest absolute Gasteiger partial charge is 0.349 e. The van der Waals surface area contributed by atoms with Crippen molar-refractivity contribution in [1.82, 2.24) is 0 Å². The molecule has 2 aromatic heterocycles. The molecule has 9 heteroatoms. The number of amides is 1. The van der Waals surface area contributed by atoms with Gasteiger partial charge >= 0.3 is 17.6 Å². The fraction of sp³-hybridized carbons (Fsp3) is 0.238. The molecule has 0 aliphatic rings. The quantitative estimate of drug-likeness (QED) is 0.485. The lowest BCUT2D eigenvalue weighted by molar-refractivity contribution is 0.0379. The minimum atomic E-state index is -0.820. The Morgan fingerprint density at radius 2 is 1.83 bits per heavy atom. The topological polar surface area (TPSA) is 112 Å². The van der Waals surface area contributed by atoms with Crippen molar-refractivity contribution in [2.45, 2.75) is 26.9 Å². The summed E-state index contributed by atoms with van der Waals surface area (Å²) >= 11 is 0.867. The monoisotopic (exact) mass is 429 g/mol. The lowest BCUT2D eigenvalue weighted by Crippen LogP contribution is -2.22. The molecule has 30 heavy (non-hydrogen) atoms. The second kappa shape index (κ2) is 8.50. The molecule has 0 spiro atoms. The molecule has 0 saturated carbocycles. The van der Waals surface area contributed by atoms with Crippen LogP contribution in [-0.2, 0) is 9.47 Å². The number of hydrogen-bond acceptors (Lipinski definition) is 8. The Balaban J connectivity index is 2.04. The van der Waals surface area contributed by atoms with Crippen molar-refractivity contribution in [3.05, 3.63) is 62.3 Å². The normalized spacial score (nSPS) is 10.8. The van der Waals surface area contributed by atoms with E-state index in [1.54, 1.807) is 45.0 Å². The van der Waals surface area contributed by atoms with Crippen molar-refractivity contribution in [3.63, 3.8) is 0 Å². The lowest BCUT2D eigenvalue weighted by atomic mass is 10.1. The summed E-state index contributed by atoms with van der Waals surface area (Å²) in [6.07, 6.45) is -0.408. The third kappa shape index (κ3) is 4.11. The minimum Gasteiger partial charge on any atom is -0.465 e. The Bertz CT molecular complexity index is 1210. The molecular weight excluding hydrogens is 410 g/mol. The summed E-state index contributed by atoms with van der Waals surface area (Å²) in [6, 6.07) is 8.18. The Labute approximate surface area is 175 Å². The molecule has 0 radical (unpaired) electrons. The number of nitrogens with one attached hydrogen (secondary N) is 1. The molecule has 0 atom stereocenters. The number of esters is 2. The molecule has 1 amide bonds. The zero-order chi connectivity index (χ0) is 22.0. The standard InChI is InChI=1S/C21H19NO7S/c1-10(2)28-20(25)15-11(3)16(21(26)27-4)30-18(15)22-17(23)13-9-12-7-5-6-8-14(12)29-19(13)24/h5-10H,1-4H3,(H,22,23). The highest BCUT2D eigenvalue weighted by Gasteiger charge is 2.28. The maximum absolute atomic E-state index is 12.8. The van der Waals surface area contributed by atoms with Crippen LogP contribution >= 0.6 is 11.3 Å². The predicted octanol–water partition coefficient (Wildman–Crippen LogP) is 3.77. The molecule has 2 heterocycles. The fourth-order valence-electron chi connectivity index (χ4n) is 2.80. The van der Waals surface area contributed by atoms with Crippen LogP contribution in [0.15, 0.2) is 39.5 Å². The summed E-state index contributed by atoms with van der Waals surface area (Å²) in [5, 5.41) is 3.19. The van der Waals surface area contributed by atoms with Crippen LogP contribution in [0.25, 0.3) is 11.0 Å². The number of carbonyl (C=O) groups is 3. The van der Waals surface area contributed by atoms with Gasteiger partial charge in [0.25, 0.3) is 5.91 Å². The van der Waals surface area contributed by atoms with Crippen molar-refractivity contribution in [3.8, 4) is 0 Å². The maximum Gasteiger partial charge on any atom is 0.349 e. The second-order valence-corrected chi connectivity index (χ2v) is 7.67. The highest BCUT2D eigenvalue weighted by Crippen LogP contribution is 2.34. The molecule has 0 fully saturated rings. The van der Waals surface area contributed by atoms with Crippen LogP contribution in [0.4, 0.5) is 5.00 Å². The number of methoxy groups -OCH3 is 1. The van der Waals surface area contributed by atoms with E-state index < -0.39 is 29.6 Å². The maximum atomic E-state index is 12.8. The van der Waals surface area contributed by atoms with Gasteiger partial charge in [0.15, 0.2) is 0 Å². The Morgan fingerprint density at radius 1 is 1.13 bits per heavy atom. The van der Waals surface area contributed by atoms with Crippen LogP contribution in [0.1, 0.15) is 49.8 Å². The molecule has 0 aliphatic carbocycles. The lowest BCUT2D eigenvalue weighted by Gasteiger charge is -2.10. The van der Waals surface area contributed by atoms with E-state index in [0.29, 0.717) is 16.5 Å². The van der Waals surface area contributed by atoms with Crippen LogP contribution in [0.2, 0.25) is 0 Å². The summed E-state index contributed by atoms with van der Waals surface area (Å²) in [7, 11) is 1.21. The van der Waals surface area contributed by atoms with Gasteiger partial charge in [-0.2, -0.15) is 0 Å². The van der Waals surface area contributed by atoms with Crippen LogP contribution in [0.3, 0.4) is 0 Å². The summed E-state index contributed by atoms with van der Waals surface area (Å²) in [5.74, 6) is -2.12. The fourth-order valence-corrected chi connectivity index (χ4v) is 3.91. The number of rotatable bonds is 5. The molecule has 0 aliphatic heterocycles. The van der Waals surface area contributed by atoms with E-state index in [0.717, 1.165) is 11.3 Å². The Morgan fingerprint density at radius 3 is 2.50 bits per heavy atom. The number of carbonyl (C=O) groups excluding carboxylic acids is 3. The van der Waals surface area contributed by atoms with E-state index in [1.807, 2.05) is 0 Å². The number of benzene rings is 1. The molecule has 0 unspecified atom stereocenters. The molecular formula is C21H19NO7S. The van der Waals surface area contributed by atoms with Crippen LogP contribution in [0.5, 0.6) is 0 Å². The molecule has 3 rings (SSSR count). The summed E-state index contributed by atoms with van der Waals surface area (Å²) < 4.78 is 15.2. The molecule has 0 saturated heterocycles. The number of para-hydroxylation sites is 1. The Hall–Kier alpha value is -3.46. The average molecular weight is 429 g/mol. The van der Waals surface area contributed by atoms with Gasteiger partial charge in [0, 0.05) is 5.39 Å². The average Bonchev–Trinajstić information content (AvgIpc) is 3.02. The summed E-state index contributed by atoms with van der Waals surface area (Å²) in [5.41, 5.74) is -0.354. The van der Waals surface area contributed by atoms with Gasteiger partial charge in [0.05, 0.1) is 18.8 Å².